The molecule has 1 amide bonds. The van der Waals surface area contributed by atoms with Crippen LogP contribution >= 0.6 is 0 Å². The quantitative estimate of drug-likeness (QED) is 0.484. The normalized spacial score (nSPS) is 10.1. The maximum Gasteiger partial charge on any atom is 0.325 e. The van der Waals surface area contributed by atoms with Crippen LogP contribution in [0.15, 0.2) is 34.9 Å². The van der Waals surface area contributed by atoms with E-state index in [2.05, 4.69) is 10.5 Å². The minimum Gasteiger partial charge on any atom is -0.458 e. The van der Waals surface area contributed by atoms with E-state index in [9.17, 15) is 19.7 Å². The summed E-state index contributed by atoms with van der Waals surface area (Å²) in [5, 5.41) is 16.6. The number of esters is 1. The van der Waals surface area contributed by atoms with Gasteiger partial charge in [-0.25, -0.2) is 0 Å². The first-order valence-corrected chi connectivity index (χ1v) is 6.56. The molecule has 0 atom stereocenters. The summed E-state index contributed by atoms with van der Waals surface area (Å²) in [4.78, 5) is 33.4. The van der Waals surface area contributed by atoms with E-state index in [1.807, 2.05) is 0 Å². The van der Waals surface area contributed by atoms with E-state index in [0.29, 0.717) is 11.5 Å². The molecule has 9 nitrogen and oxygen atoms in total. The van der Waals surface area contributed by atoms with Crippen molar-refractivity contribution in [2.45, 2.75) is 13.5 Å². The molecule has 9 heteroatoms. The molecule has 1 aromatic heterocycles. The van der Waals surface area contributed by atoms with E-state index in [4.69, 9.17) is 9.26 Å². The molecule has 1 heterocycles. The van der Waals surface area contributed by atoms with Gasteiger partial charge in [-0.1, -0.05) is 11.2 Å². The topological polar surface area (TPSA) is 125 Å². The molecule has 0 fully saturated rings. The maximum absolute atomic E-state index is 11.8. The lowest BCUT2D eigenvalue weighted by atomic mass is 10.2. The number of nitrogens with one attached hydrogen (secondary N) is 1. The van der Waals surface area contributed by atoms with E-state index in [1.165, 1.54) is 18.2 Å². The van der Waals surface area contributed by atoms with Gasteiger partial charge >= 0.3 is 5.97 Å². The number of nitro benzene ring substituents is 1. The van der Waals surface area contributed by atoms with Crippen molar-refractivity contribution in [3.05, 3.63) is 57.5 Å². The van der Waals surface area contributed by atoms with Gasteiger partial charge in [0.1, 0.15) is 24.6 Å². The number of nitro groups is 1. The van der Waals surface area contributed by atoms with Gasteiger partial charge in [0.15, 0.2) is 0 Å². The Labute approximate surface area is 130 Å². The number of hydrogen-bond donors (Lipinski definition) is 1. The minimum absolute atomic E-state index is 0.0666. The molecular formula is C14H13N3O6. The molecule has 0 aliphatic carbocycles. The molecule has 0 bridgehead atoms. The molecular weight excluding hydrogens is 306 g/mol. The highest BCUT2D eigenvalue weighted by molar-refractivity contribution is 5.96. The number of aryl methyl sites for hydroxylation is 1. The summed E-state index contributed by atoms with van der Waals surface area (Å²) in [5.74, 6) is -0.678. The van der Waals surface area contributed by atoms with E-state index >= 15 is 0 Å². The Morgan fingerprint density at radius 2 is 2.17 bits per heavy atom. The second kappa shape index (κ2) is 7.16. The summed E-state index contributed by atoms with van der Waals surface area (Å²) < 4.78 is 9.72. The molecule has 0 aliphatic heterocycles. The zero-order chi connectivity index (χ0) is 16.8. The smallest absolute Gasteiger partial charge is 0.325 e. The van der Waals surface area contributed by atoms with Crippen LogP contribution in [0.25, 0.3) is 0 Å². The summed E-state index contributed by atoms with van der Waals surface area (Å²) >= 11 is 0. The van der Waals surface area contributed by atoms with Crippen LogP contribution in [0, 0.1) is 17.0 Å². The molecule has 0 spiro atoms. The molecule has 0 aliphatic rings. The average Bonchev–Trinajstić information content (AvgIpc) is 2.96. The Morgan fingerprint density at radius 3 is 2.83 bits per heavy atom. The number of carbonyl (C=O) groups is 2. The molecule has 1 aromatic carbocycles. The Bertz CT molecular complexity index is 740. The lowest BCUT2D eigenvalue weighted by Gasteiger charge is -2.05. The highest BCUT2D eigenvalue weighted by atomic mass is 16.6. The first kappa shape index (κ1) is 16.1. The fourth-order valence-electron chi connectivity index (χ4n) is 1.71. The summed E-state index contributed by atoms with van der Waals surface area (Å²) in [6, 6.07) is 6.81. The fourth-order valence-corrected chi connectivity index (χ4v) is 1.71. The molecule has 0 saturated heterocycles. The van der Waals surface area contributed by atoms with Gasteiger partial charge in [-0.2, -0.15) is 0 Å². The van der Waals surface area contributed by atoms with Crippen LogP contribution in [0.2, 0.25) is 0 Å². The standard InChI is InChI=1S/C14H13N3O6/c1-9-5-11(16-23-9)8-22-13(18)7-15-14(19)10-3-2-4-12(6-10)17(20)21/h2-6H,7-8H2,1H3,(H,15,19). The van der Waals surface area contributed by atoms with Crippen molar-refractivity contribution in [1.82, 2.24) is 10.5 Å². The van der Waals surface area contributed by atoms with E-state index in [1.54, 1.807) is 13.0 Å². The highest BCUT2D eigenvalue weighted by Gasteiger charge is 2.13. The molecule has 23 heavy (non-hydrogen) atoms. The van der Waals surface area contributed by atoms with Crippen LogP contribution < -0.4 is 5.32 Å². The van der Waals surface area contributed by atoms with Crippen molar-refractivity contribution >= 4 is 17.6 Å². The second-order valence-electron chi connectivity index (χ2n) is 4.58. The third-order valence-electron chi connectivity index (χ3n) is 2.77. The lowest BCUT2D eigenvalue weighted by Crippen LogP contribution is -2.30. The van der Waals surface area contributed by atoms with Gasteiger partial charge in [0, 0.05) is 23.8 Å². The SMILES string of the molecule is Cc1cc(COC(=O)CNC(=O)c2cccc([N+](=O)[O-])c2)no1. The van der Waals surface area contributed by atoms with Crippen molar-refractivity contribution in [1.29, 1.82) is 0 Å². The van der Waals surface area contributed by atoms with E-state index in [0.717, 1.165) is 6.07 Å². The van der Waals surface area contributed by atoms with Crippen molar-refractivity contribution in [2.75, 3.05) is 6.54 Å². The van der Waals surface area contributed by atoms with Crippen LogP contribution in [0.5, 0.6) is 0 Å². The number of rotatable bonds is 6. The average molecular weight is 319 g/mol. The van der Waals surface area contributed by atoms with Crippen molar-refractivity contribution in [3.8, 4) is 0 Å². The monoisotopic (exact) mass is 319 g/mol. The maximum atomic E-state index is 11.8. The third kappa shape index (κ3) is 4.63. The van der Waals surface area contributed by atoms with Crippen LogP contribution in [0.4, 0.5) is 5.69 Å². The Kier molecular flexibility index (Phi) is 5.03. The van der Waals surface area contributed by atoms with E-state index in [-0.39, 0.29) is 24.4 Å². The number of benzene rings is 1. The molecule has 0 unspecified atom stereocenters. The zero-order valence-corrected chi connectivity index (χ0v) is 12.1. The molecule has 120 valence electrons. The molecule has 0 saturated carbocycles. The number of aromatic nitrogens is 1. The third-order valence-corrected chi connectivity index (χ3v) is 2.77. The van der Waals surface area contributed by atoms with Gasteiger partial charge in [-0.3, -0.25) is 19.7 Å². The largest absolute Gasteiger partial charge is 0.458 e. The highest BCUT2D eigenvalue weighted by Crippen LogP contribution is 2.12. The molecule has 2 aromatic rings. The Balaban J connectivity index is 1.82. The van der Waals surface area contributed by atoms with Gasteiger partial charge in [0.05, 0.1) is 4.92 Å². The van der Waals surface area contributed by atoms with Gasteiger partial charge < -0.3 is 14.6 Å². The summed E-state index contributed by atoms with van der Waals surface area (Å²) in [5.41, 5.74) is 0.335. The van der Waals surface area contributed by atoms with Crippen LogP contribution in [-0.2, 0) is 16.1 Å². The summed E-state index contributed by atoms with van der Waals surface area (Å²) in [6.45, 7) is 1.28. The number of non-ortho nitro benzene ring substituents is 1. The number of amides is 1. The van der Waals surface area contributed by atoms with Gasteiger partial charge in [0.25, 0.3) is 11.6 Å². The summed E-state index contributed by atoms with van der Waals surface area (Å²) in [6.07, 6.45) is 0. The van der Waals surface area contributed by atoms with Crippen molar-refractivity contribution in [2.24, 2.45) is 0 Å². The van der Waals surface area contributed by atoms with Gasteiger partial charge in [0.2, 0.25) is 0 Å². The number of carbonyl (C=O) groups excluding carboxylic acids is 2. The second-order valence-corrected chi connectivity index (χ2v) is 4.58. The van der Waals surface area contributed by atoms with Gasteiger partial charge in [-0.15, -0.1) is 0 Å². The minimum atomic E-state index is -0.663. The predicted octanol–water partition coefficient (Wildman–Crippen LogP) is 1.36. The number of ether oxygens (including phenoxy) is 1. The number of nitrogens with zero attached hydrogens (tertiary/aromatic N) is 2. The van der Waals surface area contributed by atoms with Crippen LogP contribution in [-0.4, -0.2) is 28.5 Å². The van der Waals surface area contributed by atoms with E-state index < -0.39 is 16.8 Å². The first-order valence-electron chi connectivity index (χ1n) is 6.56. The predicted molar refractivity (Wildman–Crippen MR) is 76.5 cm³/mol. The van der Waals surface area contributed by atoms with Crippen molar-refractivity contribution < 1.29 is 23.8 Å². The summed E-state index contributed by atoms with van der Waals surface area (Å²) in [7, 11) is 0. The zero-order valence-electron chi connectivity index (χ0n) is 12.1. The van der Waals surface area contributed by atoms with Crippen LogP contribution in [0.1, 0.15) is 21.8 Å². The lowest BCUT2D eigenvalue weighted by molar-refractivity contribution is -0.384. The van der Waals surface area contributed by atoms with Gasteiger partial charge in [-0.05, 0) is 13.0 Å². The molecule has 1 N–H and O–H groups in total. The Hall–Kier alpha value is -3.23. The fraction of sp³-hybridized carbons (Fsp3) is 0.214. The number of hydrogen-bond acceptors (Lipinski definition) is 7. The van der Waals surface area contributed by atoms with Crippen molar-refractivity contribution in [3.63, 3.8) is 0 Å². The Morgan fingerprint density at radius 1 is 1.39 bits per heavy atom. The molecule has 0 radical (unpaired) electrons. The first-order chi connectivity index (χ1) is 11.0. The molecule has 2 rings (SSSR count). The van der Waals surface area contributed by atoms with Crippen LogP contribution in [0.3, 0.4) is 0 Å².